The zero-order valence-corrected chi connectivity index (χ0v) is 14.4. The van der Waals surface area contributed by atoms with Crippen molar-refractivity contribution >= 4 is 17.5 Å². The van der Waals surface area contributed by atoms with Crippen LogP contribution in [-0.2, 0) is 0 Å². The summed E-state index contributed by atoms with van der Waals surface area (Å²) in [5.74, 6) is 0.405. The van der Waals surface area contributed by atoms with E-state index in [1.807, 2.05) is 11.0 Å². The van der Waals surface area contributed by atoms with Gasteiger partial charge in [0.25, 0.3) is 0 Å². The monoisotopic (exact) mass is 371 g/mol. The van der Waals surface area contributed by atoms with Crippen molar-refractivity contribution < 1.29 is 9.50 Å². The number of H-pyrrole nitrogens is 2. The Hall–Kier alpha value is -3.17. The van der Waals surface area contributed by atoms with Crippen molar-refractivity contribution in [2.75, 3.05) is 18.0 Å². The predicted octanol–water partition coefficient (Wildman–Crippen LogP) is -0.390. The summed E-state index contributed by atoms with van der Waals surface area (Å²) in [5, 5.41) is 14.8. The molecule has 0 bridgehead atoms. The standard InChI is InChI=1S/C17H18FN7O2/c18-10-3-4-24(8-10)13-6-14(20-11-1-2-11)25-15(22-13)9(7-19-25)5-12-16(26)23-17(27)21-12/h5-7,10-11,26H,1-4,8H2,(H2,21,23,27)/b9-5-,20-14?/t10-/m0/s1. The number of nitrogens with zero attached hydrogens (tertiary/aromatic N) is 5. The number of imidazole rings is 1. The van der Waals surface area contributed by atoms with Gasteiger partial charge in [-0.05, 0) is 25.3 Å². The quantitative estimate of drug-likeness (QED) is 0.580. The molecule has 0 radical (unpaired) electrons. The van der Waals surface area contributed by atoms with Gasteiger partial charge in [-0.25, -0.2) is 14.2 Å². The van der Waals surface area contributed by atoms with Crippen molar-refractivity contribution in [3.8, 4) is 5.88 Å². The van der Waals surface area contributed by atoms with Crippen molar-refractivity contribution in [2.24, 2.45) is 4.99 Å². The van der Waals surface area contributed by atoms with Gasteiger partial charge in [-0.3, -0.25) is 9.98 Å². The molecule has 0 spiro atoms. The van der Waals surface area contributed by atoms with Crippen molar-refractivity contribution in [3.05, 3.63) is 39.1 Å². The molecule has 3 aromatic heterocycles. The van der Waals surface area contributed by atoms with E-state index in [-0.39, 0.29) is 17.6 Å². The van der Waals surface area contributed by atoms with E-state index in [0.29, 0.717) is 41.7 Å². The average molecular weight is 371 g/mol. The zero-order valence-electron chi connectivity index (χ0n) is 14.4. The van der Waals surface area contributed by atoms with Gasteiger partial charge in [-0.15, -0.1) is 0 Å². The summed E-state index contributed by atoms with van der Waals surface area (Å²) < 4.78 is 15.3. The Balaban J connectivity index is 1.71. The molecule has 0 unspecified atom stereocenters. The van der Waals surface area contributed by atoms with E-state index < -0.39 is 11.9 Å². The normalized spacial score (nSPS) is 21.7. The van der Waals surface area contributed by atoms with Crippen LogP contribution in [-0.4, -0.2) is 55.0 Å². The summed E-state index contributed by atoms with van der Waals surface area (Å²) in [7, 11) is 0. The zero-order chi connectivity index (χ0) is 18.5. The highest BCUT2D eigenvalue weighted by Gasteiger charge is 2.25. The van der Waals surface area contributed by atoms with Crippen LogP contribution in [0.15, 0.2) is 22.1 Å². The first-order valence-corrected chi connectivity index (χ1v) is 8.91. The number of hydrogen-bond acceptors (Lipinski definition) is 6. The fourth-order valence-corrected chi connectivity index (χ4v) is 3.27. The lowest BCUT2D eigenvalue weighted by Gasteiger charge is -2.16. The molecule has 1 aliphatic heterocycles. The Labute approximate surface area is 151 Å². The number of hydrogen-bond donors (Lipinski definition) is 3. The van der Waals surface area contributed by atoms with E-state index in [1.165, 1.54) is 0 Å². The smallest absolute Gasteiger partial charge is 0.326 e. The van der Waals surface area contributed by atoms with E-state index in [9.17, 15) is 14.3 Å². The third-order valence-electron chi connectivity index (χ3n) is 4.82. The van der Waals surface area contributed by atoms with Crippen LogP contribution in [0, 0.1) is 0 Å². The van der Waals surface area contributed by atoms with Gasteiger partial charge in [0.1, 0.15) is 17.7 Å². The van der Waals surface area contributed by atoms with Crippen LogP contribution in [0.1, 0.15) is 25.0 Å². The third-order valence-corrected chi connectivity index (χ3v) is 4.82. The van der Waals surface area contributed by atoms with Gasteiger partial charge in [0.15, 0.2) is 11.1 Å². The lowest BCUT2D eigenvalue weighted by molar-refractivity contribution is 0.364. The third kappa shape index (κ3) is 2.96. The minimum atomic E-state index is -0.857. The van der Waals surface area contributed by atoms with E-state index in [4.69, 9.17) is 4.99 Å². The molecule has 2 aliphatic rings. The summed E-state index contributed by atoms with van der Waals surface area (Å²) in [4.78, 5) is 27.4. The number of aromatic amines is 2. The molecule has 0 aromatic carbocycles. The maximum Gasteiger partial charge on any atom is 0.326 e. The first kappa shape index (κ1) is 16.0. The van der Waals surface area contributed by atoms with Crippen molar-refractivity contribution in [3.63, 3.8) is 0 Å². The fraction of sp³-hybridized carbons (Fsp3) is 0.412. The van der Waals surface area contributed by atoms with Gasteiger partial charge in [0, 0.05) is 17.8 Å². The lowest BCUT2D eigenvalue weighted by Crippen LogP contribution is -2.26. The summed E-state index contributed by atoms with van der Waals surface area (Å²) in [6.07, 6.45) is 4.92. The van der Waals surface area contributed by atoms with Gasteiger partial charge in [-0.2, -0.15) is 9.61 Å². The highest BCUT2D eigenvalue weighted by Crippen LogP contribution is 2.23. The maximum atomic E-state index is 13.7. The highest BCUT2D eigenvalue weighted by atomic mass is 19.1. The number of aromatic nitrogens is 5. The molecule has 2 fully saturated rings. The van der Waals surface area contributed by atoms with E-state index in [2.05, 4.69) is 20.1 Å². The van der Waals surface area contributed by atoms with Gasteiger partial charge in [0.2, 0.25) is 5.88 Å². The summed E-state index contributed by atoms with van der Waals surface area (Å²) >= 11 is 0. The van der Waals surface area contributed by atoms with Gasteiger partial charge >= 0.3 is 5.69 Å². The van der Waals surface area contributed by atoms with Crippen molar-refractivity contribution in [1.82, 2.24) is 24.6 Å². The molecule has 1 saturated carbocycles. The molecule has 3 aromatic rings. The Bertz CT molecular complexity index is 1190. The maximum absolute atomic E-state index is 13.7. The summed E-state index contributed by atoms with van der Waals surface area (Å²) in [6.45, 7) is 0.914. The van der Waals surface area contributed by atoms with Crippen LogP contribution in [0.4, 0.5) is 10.2 Å². The number of halogens is 1. The van der Waals surface area contributed by atoms with E-state index in [1.54, 1.807) is 16.8 Å². The lowest BCUT2D eigenvalue weighted by atomic mass is 10.3. The minimum absolute atomic E-state index is 0.243. The molecule has 1 atom stereocenters. The number of anilines is 1. The van der Waals surface area contributed by atoms with Crippen LogP contribution in [0.3, 0.4) is 0 Å². The van der Waals surface area contributed by atoms with Crippen LogP contribution in [0.2, 0.25) is 0 Å². The second-order valence-electron chi connectivity index (χ2n) is 6.99. The second-order valence-corrected chi connectivity index (χ2v) is 6.99. The summed E-state index contributed by atoms with van der Waals surface area (Å²) in [6, 6.07) is 2.13. The second kappa shape index (κ2) is 5.93. The SMILES string of the molecule is O=c1[nH]c(O)c(/C=c2/cnn3c(=NC4CC4)cc(N4CC[C@H](F)C4)nc23)[nH]1. The Kier molecular flexibility index (Phi) is 3.52. The summed E-state index contributed by atoms with van der Waals surface area (Å²) in [5.41, 5.74) is 0.953. The Morgan fingerprint density at radius 2 is 2.19 bits per heavy atom. The van der Waals surface area contributed by atoms with Crippen LogP contribution in [0.25, 0.3) is 11.7 Å². The number of alkyl halides is 1. The van der Waals surface area contributed by atoms with Gasteiger partial charge in [0.05, 0.1) is 18.8 Å². The van der Waals surface area contributed by atoms with Crippen LogP contribution < -0.4 is 21.3 Å². The first-order valence-electron chi connectivity index (χ1n) is 8.91. The van der Waals surface area contributed by atoms with Crippen molar-refractivity contribution in [1.29, 1.82) is 0 Å². The molecule has 4 heterocycles. The largest absolute Gasteiger partial charge is 0.493 e. The van der Waals surface area contributed by atoms with E-state index in [0.717, 1.165) is 12.8 Å². The number of rotatable bonds is 3. The van der Waals surface area contributed by atoms with E-state index >= 15 is 0 Å². The number of aromatic hydroxyl groups is 1. The molecule has 9 nitrogen and oxygen atoms in total. The van der Waals surface area contributed by atoms with Crippen LogP contribution in [0.5, 0.6) is 5.88 Å². The molecule has 0 amide bonds. The first-order chi connectivity index (χ1) is 13.1. The molecule has 5 rings (SSSR count). The Morgan fingerprint density at radius 3 is 2.85 bits per heavy atom. The average Bonchev–Trinajstić information content (AvgIpc) is 3.04. The molecule has 140 valence electrons. The molecule has 10 heteroatoms. The molecule has 1 aliphatic carbocycles. The van der Waals surface area contributed by atoms with Crippen LogP contribution >= 0.6 is 0 Å². The molecular formula is C17H18FN7O2. The van der Waals surface area contributed by atoms with Gasteiger partial charge < -0.3 is 15.0 Å². The minimum Gasteiger partial charge on any atom is -0.493 e. The number of nitrogens with one attached hydrogen (secondary N) is 2. The molecule has 3 N–H and O–H groups in total. The highest BCUT2D eigenvalue weighted by molar-refractivity contribution is 5.58. The molecular weight excluding hydrogens is 353 g/mol. The number of fused-ring (bicyclic) bond motifs is 1. The predicted molar refractivity (Wildman–Crippen MR) is 95.2 cm³/mol. The topological polar surface area (TPSA) is 115 Å². The molecule has 27 heavy (non-hydrogen) atoms. The molecule has 1 saturated heterocycles. The Morgan fingerprint density at radius 1 is 1.33 bits per heavy atom. The fourth-order valence-electron chi connectivity index (χ4n) is 3.27. The van der Waals surface area contributed by atoms with Gasteiger partial charge in [-0.1, -0.05) is 0 Å². The van der Waals surface area contributed by atoms with Crippen molar-refractivity contribution in [2.45, 2.75) is 31.5 Å².